The van der Waals surface area contributed by atoms with E-state index in [0.717, 1.165) is 0 Å². The molecule has 4 heteroatoms. The van der Waals surface area contributed by atoms with Crippen LogP contribution in [0.25, 0.3) is 0 Å². The maximum absolute atomic E-state index is 6.50. The van der Waals surface area contributed by atoms with Crippen molar-refractivity contribution in [1.82, 2.24) is 0 Å². The zero-order valence-corrected chi connectivity index (χ0v) is 5.00. The molecule has 0 atom stereocenters. The number of nitrogens with zero attached hydrogens (tertiary/aromatic N) is 1. The number of hydrogen-bond donors (Lipinski definition) is 0. The Morgan fingerprint density at radius 1 is 1.17 bits per heavy atom. The summed E-state index contributed by atoms with van der Waals surface area (Å²) in [6.07, 6.45) is 0. The van der Waals surface area contributed by atoms with Crippen LogP contribution in [0.2, 0.25) is 0 Å². The van der Waals surface area contributed by atoms with E-state index in [0.29, 0.717) is 0 Å². The Kier molecular flexibility index (Phi) is 14.5. The standard InChI is InChI=1S/CHCl3.CHN/c2-1(3)4;1-2/h1H;1H. The molecular formula is C2H2Cl3N. The van der Waals surface area contributed by atoms with E-state index in [1.165, 1.54) is 0 Å². The predicted octanol–water partition coefficient (Wildman–Crippen LogP) is 2.13. The predicted molar refractivity (Wildman–Crippen MR) is 28.0 cm³/mol. The summed E-state index contributed by atoms with van der Waals surface area (Å²) in [6, 6.07) is 0. The van der Waals surface area contributed by atoms with Gasteiger partial charge in [0.25, 0.3) is 0 Å². The van der Waals surface area contributed by atoms with E-state index < -0.39 is 4.30 Å². The highest BCUT2D eigenvalue weighted by Gasteiger charge is 1.78. The summed E-state index contributed by atoms with van der Waals surface area (Å²) in [5, 5.41) is 6.50. The molecule has 0 aromatic heterocycles. The van der Waals surface area contributed by atoms with E-state index in [4.69, 9.17) is 40.1 Å². The smallest absolute Gasteiger partial charge is 0.180 e. The van der Waals surface area contributed by atoms with E-state index in [-0.39, 0.29) is 0 Å². The highest BCUT2D eigenvalue weighted by molar-refractivity contribution is 6.63. The SMILES string of the molecule is C#N.ClC(Cl)Cl. The molecule has 0 aromatic rings. The summed E-state index contributed by atoms with van der Waals surface area (Å²) in [7, 11) is 0. The molecule has 0 heterocycles. The first-order chi connectivity index (χ1) is 2.73. The molecule has 0 aliphatic heterocycles. The minimum atomic E-state index is -0.750. The van der Waals surface area contributed by atoms with Gasteiger partial charge >= 0.3 is 0 Å². The maximum atomic E-state index is 6.50. The molecule has 0 N–H and O–H groups in total. The van der Waals surface area contributed by atoms with E-state index in [1.807, 2.05) is 0 Å². The molecule has 1 nitrogen and oxygen atoms in total. The van der Waals surface area contributed by atoms with Crippen molar-refractivity contribution in [2.24, 2.45) is 0 Å². The van der Waals surface area contributed by atoms with Gasteiger partial charge in [-0.25, -0.2) is 5.26 Å². The van der Waals surface area contributed by atoms with Crippen LogP contribution in [0.3, 0.4) is 0 Å². The van der Waals surface area contributed by atoms with Gasteiger partial charge in [0, 0.05) is 6.57 Å². The number of rotatable bonds is 0. The molecule has 0 aromatic carbocycles. The summed E-state index contributed by atoms with van der Waals surface area (Å²) in [5.41, 5.74) is 0. The van der Waals surface area contributed by atoms with Crippen molar-refractivity contribution in [3.63, 3.8) is 0 Å². The molecule has 0 saturated heterocycles. The first kappa shape index (κ1) is 9.61. The second-order valence-electron chi connectivity index (χ2n) is 0.247. The first-order valence-corrected chi connectivity index (χ1v) is 2.22. The summed E-state index contributed by atoms with van der Waals surface area (Å²) in [5.74, 6) is 0. The quantitative estimate of drug-likeness (QED) is 0.480. The van der Waals surface area contributed by atoms with Gasteiger partial charge in [-0.05, 0) is 0 Å². The number of hydrogen-bond acceptors (Lipinski definition) is 1. The normalized spacial score (nSPS) is 6.33. The molecule has 36 valence electrons. The van der Waals surface area contributed by atoms with Crippen molar-refractivity contribution in [3.05, 3.63) is 0 Å². The molecule has 0 spiro atoms. The topological polar surface area (TPSA) is 23.8 Å². The second kappa shape index (κ2) is 9.03. The molecule has 0 amide bonds. The van der Waals surface area contributed by atoms with Gasteiger partial charge in [-0.2, -0.15) is 0 Å². The molecule has 6 heavy (non-hydrogen) atoms. The molecule has 0 rings (SSSR count). The molecule has 0 bridgehead atoms. The molecular weight excluding hydrogens is 144 g/mol. The van der Waals surface area contributed by atoms with Crippen molar-refractivity contribution in [2.45, 2.75) is 4.30 Å². The van der Waals surface area contributed by atoms with E-state index >= 15 is 0 Å². The van der Waals surface area contributed by atoms with Gasteiger partial charge in [-0.3, -0.25) is 0 Å². The highest BCUT2D eigenvalue weighted by Crippen LogP contribution is 2.03. The van der Waals surface area contributed by atoms with Gasteiger partial charge in [-0.1, -0.05) is 34.8 Å². The zero-order chi connectivity index (χ0) is 5.58. The van der Waals surface area contributed by atoms with Crippen LogP contribution in [0.15, 0.2) is 0 Å². The minimum Gasteiger partial charge on any atom is -0.202 e. The Hall–Kier alpha value is 0.360. The lowest BCUT2D eigenvalue weighted by Gasteiger charge is -1.69. The van der Waals surface area contributed by atoms with Gasteiger partial charge in [-0.15, -0.1) is 0 Å². The molecule has 0 radical (unpaired) electrons. The number of nitriles is 1. The van der Waals surface area contributed by atoms with E-state index in [2.05, 4.69) is 6.57 Å². The molecule has 0 unspecified atom stereocenters. The summed E-state index contributed by atoms with van der Waals surface area (Å²) >= 11 is 14.4. The van der Waals surface area contributed by atoms with Crippen LogP contribution in [-0.4, -0.2) is 4.30 Å². The average Bonchev–Trinajstić information content (AvgIpc) is 1.41. The lowest BCUT2D eigenvalue weighted by atomic mass is 11.9. The lowest BCUT2D eigenvalue weighted by Crippen LogP contribution is -1.55. The van der Waals surface area contributed by atoms with Crippen LogP contribution in [0, 0.1) is 11.8 Å². The fourth-order valence-electron chi connectivity index (χ4n) is 0. The number of alkyl halides is 3. The Balaban J connectivity index is 0. The van der Waals surface area contributed by atoms with Crippen LogP contribution in [-0.2, 0) is 0 Å². The van der Waals surface area contributed by atoms with Crippen molar-refractivity contribution in [3.8, 4) is 6.57 Å². The van der Waals surface area contributed by atoms with Crippen LogP contribution >= 0.6 is 34.8 Å². The third-order valence-corrected chi connectivity index (χ3v) is 0. The highest BCUT2D eigenvalue weighted by atomic mass is 35.6. The molecule has 0 fully saturated rings. The third-order valence-electron chi connectivity index (χ3n) is 0. The third kappa shape index (κ3) is 380. The van der Waals surface area contributed by atoms with Gasteiger partial charge in [0.2, 0.25) is 0 Å². The van der Waals surface area contributed by atoms with Gasteiger partial charge < -0.3 is 0 Å². The Labute approximate surface area is 51.4 Å². The molecule has 0 aliphatic rings. The summed E-state index contributed by atoms with van der Waals surface area (Å²) < 4.78 is -0.750. The van der Waals surface area contributed by atoms with Gasteiger partial charge in [0.05, 0.1) is 0 Å². The molecule has 0 saturated carbocycles. The van der Waals surface area contributed by atoms with Crippen molar-refractivity contribution >= 4 is 34.8 Å². The fourth-order valence-corrected chi connectivity index (χ4v) is 0. The van der Waals surface area contributed by atoms with Crippen LogP contribution in [0.5, 0.6) is 0 Å². The number of halogens is 3. The first-order valence-electron chi connectivity index (χ1n) is 0.913. The van der Waals surface area contributed by atoms with Crippen LogP contribution < -0.4 is 0 Å². The Morgan fingerprint density at radius 2 is 1.17 bits per heavy atom. The van der Waals surface area contributed by atoms with Crippen molar-refractivity contribution < 1.29 is 0 Å². The Bertz CT molecular complexity index is 30.3. The van der Waals surface area contributed by atoms with Crippen LogP contribution in [0.1, 0.15) is 0 Å². The van der Waals surface area contributed by atoms with E-state index in [1.54, 1.807) is 0 Å². The van der Waals surface area contributed by atoms with Crippen LogP contribution in [0.4, 0.5) is 0 Å². The minimum absolute atomic E-state index is 0.750. The van der Waals surface area contributed by atoms with Gasteiger partial charge in [0.1, 0.15) is 0 Å². The maximum Gasteiger partial charge on any atom is 0.180 e. The monoisotopic (exact) mass is 145 g/mol. The molecule has 0 aliphatic carbocycles. The second-order valence-corrected chi connectivity index (χ2v) is 2.23. The zero-order valence-electron chi connectivity index (χ0n) is 2.74. The largest absolute Gasteiger partial charge is 0.202 e. The average molecular weight is 146 g/mol. The summed E-state index contributed by atoms with van der Waals surface area (Å²) in [4.78, 5) is 0. The fraction of sp³-hybridized carbons (Fsp3) is 0.500. The summed E-state index contributed by atoms with van der Waals surface area (Å²) in [6.45, 7) is 3.50. The lowest BCUT2D eigenvalue weighted by molar-refractivity contribution is 1.58. The van der Waals surface area contributed by atoms with Crippen molar-refractivity contribution in [2.75, 3.05) is 0 Å². The van der Waals surface area contributed by atoms with Crippen molar-refractivity contribution in [1.29, 1.82) is 5.26 Å². The van der Waals surface area contributed by atoms with E-state index in [9.17, 15) is 0 Å². The van der Waals surface area contributed by atoms with Gasteiger partial charge in [0.15, 0.2) is 4.30 Å². The Morgan fingerprint density at radius 3 is 1.17 bits per heavy atom.